The van der Waals surface area contributed by atoms with Gasteiger partial charge in [0.2, 0.25) is 0 Å². The number of allylic oxidation sites excluding steroid dienone is 2. The monoisotopic (exact) mass is 496 g/mol. The fraction of sp³-hybridized carbons (Fsp3) is 0.871. The van der Waals surface area contributed by atoms with Gasteiger partial charge in [0.25, 0.3) is 0 Å². The Labute approximate surface area is 218 Å². The third-order valence-corrected chi connectivity index (χ3v) is 6.40. The number of unbranched alkanes of at least 4 members (excludes halogenated alkanes) is 20. The van der Waals surface area contributed by atoms with Crippen LogP contribution < -0.4 is 0 Å². The minimum atomic E-state index is -0.666. The van der Waals surface area contributed by atoms with Gasteiger partial charge in [-0.25, -0.2) is 0 Å². The normalized spacial score (nSPS) is 10.9. The van der Waals surface area contributed by atoms with Crippen LogP contribution >= 0.6 is 0 Å². The van der Waals surface area contributed by atoms with E-state index in [-0.39, 0.29) is 0 Å². The van der Waals surface area contributed by atoms with Crippen molar-refractivity contribution < 1.29 is 19.8 Å². The van der Waals surface area contributed by atoms with E-state index in [0.717, 1.165) is 25.7 Å². The Balaban J connectivity index is 0. The van der Waals surface area contributed by atoms with Crippen LogP contribution in [-0.4, -0.2) is 22.2 Å². The molecule has 0 rings (SSSR count). The van der Waals surface area contributed by atoms with E-state index in [4.69, 9.17) is 10.2 Å². The third-order valence-electron chi connectivity index (χ3n) is 6.40. The van der Waals surface area contributed by atoms with Crippen molar-refractivity contribution in [3.8, 4) is 0 Å². The van der Waals surface area contributed by atoms with Gasteiger partial charge in [0.05, 0.1) is 0 Å². The molecule has 0 aliphatic rings. The Morgan fingerprint density at radius 3 is 0.971 bits per heavy atom. The zero-order valence-electron chi connectivity index (χ0n) is 23.5. The van der Waals surface area contributed by atoms with Gasteiger partial charge in [-0.05, 0) is 38.5 Å². The number of hydrogen-bond donors (Lipinski definition) is 2. The fourth-order valence-corrected chi connectivity index (χ4v) is 4.11. The standard InChI is InChI=1S/C22H42O2.C9H18O2/c1-2-3-4-5-6-7-8-9-10-11-12-13-14-15-16-17-18-19-20-21-22(23)24;1-2-3-4-5-6-7-8-9(10)11/h9-10H,2-8,11-21H2,1H3,(H,23,24);2-8H2,1H3,(H,10,11). The molecule has 0 saturated carbocycles. The molecule has 0 amide bonds. The van der Waals surface area contributed by atoms with Crippen LogP contribution in [0.2, 0.25) is 0 Å². The molecule has 0 spiro atoms. The molecule has 0 aromatic carbocycles. The predicted octanol–water partition coefficient (Wildman–Crippen LogP) is 10.5. The third kappa shape index (κ3) is 40.1. The van der Waals surface area contributed by atoms with E-state index < -0.39 is 11.9 Å². The topological polar surface area (TPSA) is 74.6 Å². The Kier molecular flexibility index (Phi) is 33.5. The molecule has 4 heteroatoms. The first kappa shape index (κ1) is 35.8. The van der Waals surface area contributed by atoms with Crippen LogP contribution in [0.4, 0.5) is 0 Å². The number of rotatable bonds is 26. The summed E-state index contributed by atoms with van der Waals surface area (Å²) in [5, 5.41) is 16.9. The first-order chi connectivity index (χ1) is 17.0. The molecule has 4 nitrogen and oxygen atoms in total. The van der Waals surface area contributed by atoms with Crippen molar-refractivity contribution in [1.82, 2.24) is 0 Å². The van der Waals surface area contributed by atoms with Crippen LogP contribution in [0.25, 0.3) is 0 Å². The summed E-state index contributed by atoms with van der Waals surface area (Å²) in [5.74, 6) is -1.32. The number of carboxylic acids is 2. The lowest BCUT2D eigenvalue weighted by Crippen LogP contribution is -1.93. The number of hydrogen-bond acceptors (Lipinski definition) is 2. The first-order valence-corrected chi connectivity index (χ1v) is 15.1. The van der Waals surface area contributed by atoms with Crippen LogP contribution in [0.15, 0.2) is 12.2 Å². The van der Waals surface area contributed by atoms with Gasteiger partial charge in [0, 0.05) is 12.8 Å². The molecular formula is C31H60O4. The van der Waals surface area contributed by atoms with Crippen molar-refractivity contribution in [3.63, 3.8) is 0 Å². The number of carboxylic acid groups (broad SMARTS) is 2. The van der Waals surface area contributed by atoms with Crippen molar-refractivity contribution in [2.24, 2.45) is 0 Å². The van der Waals surface area contributed by atoms with E-state index in [1.54, 1.807) is 0 Å². The summed E-state index contributed by atoms with van der Waals surface area (Å²) < 4.78 is 0. The molecule has 0 fully saturated rings. The van der Waals surface area contributed by atoms with Gasteiger partial charge in [-0.3, -0.25) is 9.59 Å². The van der Waals surface area contributed by atoms with E-state index in [1.165, 1.54) is 122 Å². The van der Waals surface area contributed by atoms with Gasteiger partial charge in [-0.2, -0.15) is 0 Å². The summed E-state index contributed by atoms with van der Waals surface area (Å²) in [6.07, 6.45) is 34.4. The molecule has 0 atom stereocenters. The zero-order valence-corrected chi connectivity index (χ0v) is 23.5. The highest BCUT2D eigenvalue weighted by molar-refractivity contribution is 5.66. The van der Waals surface area contributed by atoms with E-state index in [0.29, 0.717) is 12.8 Å². The lowest BCUT2D eigenvalue weighted by Gasteiger charge is -2.01. The summed E-state index contributed by atoms with van der Waals surface area (Å²) in [6.45, 7) is 4.45. The van der Waals surface area contributed by atoms with E-state index in [9.17, 15) is 9.59 Å². The minimum absolute atomic E-state index is 0.339. The second-order valence-electron chi connectivity index (χ2n) is 10.1. The predicted molar refractivity (Wildman–Crippen MR) is 151 cm³/mol. The van der Waals surface area contributed by atoms with Crippen molar-refractivity contribution >= 4 is 11.9 Å². The van der Waals surface area contributed by atoms with Crippen molar-refractivity contribution in [2.75, 3.05) is 0 Å². The number of aliphatic carboxylic acids is 2. The van der Waals surface area contributed by atoms with Crippen LogP contribution in [0.3, 0.4) is 0 Å². The highest BCUT2D eigenvalue weighted by Crippen LogP contribution is 2.12. The highest BCUT2D eigenvalue weighted by Gasteiger charge is 1.97. The minimum Gasteiger partial charge on any atom is -0.481 e. The van der Waals surface area contributed by atoms with Crippen molar-refractivity contribution in [3.05, 3.63) is 12.2 Å². The first-order valence-electron chi connectivity index (χ1n) is 15.1. The Morgan fingerprint density at radius 2 is 0.686 bits per heavy atom. The molecule has 0 unspecified atom stereocenters. The Bertz CT molecular complexity index is 459. The maximum Gasteiger partial charge on any atom is 0.303 e. The molecule has 0 aromatic rings. The lowest BCUT2D eigenvalue weighted by atomic mass is 10.1. The van der Waals surface area contributed by atoms with Gasteiger partial charge >= 0.3 is 11.9 Å². The van der Waals surface area contributed by atoms with Gasteiger partial charge in [-0.1, -0.05) is 135 Å². The molecular weight excluding hydrogens is 436 g/mol. The smallest absolute Gasteiger partial charge is 0.303 e. The van der Waals surface area contributed by atoms with Gasteiger partial charge in [0.15, 0.2) is 0 Å². The maximum atomic E-state index is 10.4. The van der Waals surface area contributed by atoms with Gasteiger partial charge in [-0.15, -0.1) is 0 Å². The lowest BCUT2D eigenvalue weighted by molar-refractivity contribution is -0.138. The summed E-state index contributed by atoms with van der Waals surface area (Å²) >= 11 is 0. The largest absolute Gasteiger partial charge is 0.481 e. The fourth-order valence-electron chi connectivity index (χ4n) is 4.11. The molecule has 2 N–H and O–H groups in total. The summed E-state index contributed by atoms with van der Waals surface area (Å²) in [7, 11) is 0. The average molecular weight is 497 g/mol. The maximum absolute atomic E-state index is 10.4. The molecule has 0 radical (unpaired) electrons. The highest BCUT2D eigenvalue weighted by atomic mass is 16.4. The second kappa shape index (κ2) is 32.7. The quantitative estimate of drug-likeness (QED) is 0.0922. The number of carbonyl (C=O) groups is 2. The molecule has 0 aromatic heterocycles. The SMILES string of the molecule is CCCCCCCCC(=O)O.CCCCCCCCC=CCCCCCCCCCCCC(=O)O. The van der Waals surface area contributed by atoms with Gasteiger partial charge < -0.3 is 10.2 Å². The van der Waals surface area contributed by atoms with E-state index in [1.807, 2.05) is 0 Å². The summed E-state index contributed by atoms with van der Waals surface area (Å²) in [6, 6.07) is 0. The van der Waals surface area contributed by atoms with Crippen LogP contribution in [0.1, 0.15) is 174 Å². The zero-order chi connectivity index (χ0) is 26.2. The molecule has 35 heavy (non-hydrogen) atoms. The molecule has 0 bridgehead atoms. The van der Waals surface area contributed by atoms with Crippen molar-refractivity contribution in [1.29, 1.82) is 0 Å². The molecule has 208 valence electrons. The second-order valence-corrected chi connectivity index (χ2v) is 10.1. The summed E-state index contributed by atoms with van der Waals surface area (Å²) in [4.78, 5) is 20.5. The van der Waals surface area contributed by atoms with E-state index in [2.05, 4.69) is 26.0 Å². The van der Waals surface area contributed by atoms with Crippen LogP contribution in [0.5, 0.6) is 0 Å². The Hall–Kier alpha value is -1.32. The van der Waals surface area contributed by atoms with Crippen LogP contribution in [0, 0.1) is 0 Å². The molecule has 0 aliphatic carbocycles. The van der Waals surface area contributed by atoms with Crippen LogP contribution in [-0.2, 0) is 9.59 Å². The molecule has 0 aliphatic heterocycles. The Morgan fingerprint density at radius 1 is 0.429 bits per heavy atom. The molecule has 0 heterocycles. The summed E-state index contributed by atoms with van der Waals surface area (Å²) in [5.41, 5.74) is 0. The van der Waals surface area contributed by atoms with Crippen molar-refractivity contribution in [2.45, 2.75) is 174 Å². The molecule has 0 saturated heterocycles. The average Bonchev–Trinajstić information content (AvgIpc) is 2.83. The van der Waals surface area contributed by atoms with E-state index >= 15 is 0 Å². The van der Waals surface area contributed by atoms with Gasteiger partial charge in [0.1, 0.15) is 0 Å².